The third kappa shape index (κ3) is 2.30. The Morgan fingerprint density at radius 1 is 1.50 bits per heavy atom. The molecular weight excluding hydrogens is 155 g/mol. The molecule has 0 spiro atoms. The molecule has 0 amide bonds. The molecule has 12 heavy (non-hydrogen) atoms. The zero-order valence-corrected chi connectivity index (χ0v) is 6.86. The van der Waals surface area contributed by atoms with Gasteiger partial charge in [0.15, 0.2) is 0 Å². The predicted molar refractivity (Wildman–Crippen MR) is 46.8 cm³/mol. The van der Waals surface area contributed by atoms with Crippen LogP contribution in [0, 0.1) is 0 Å². The highest BCUT2D eigenvalue weighted by atomic mass is 16.4. The Morgan fingerprint density at radius 2 is 2.25 bits per heavy atom. The molecule has 0 aromatic carbocycles. The van der Waals surface area contributed by atoms with Crippen LogP contribution in [-0.2, 0) is 6.54 Å². The van der Waals surface area contributed by atoms with E-state index in [0.717, 1.165) is 5.69 Å². The van der Waals surface area contributed by atoms with Crippen molar-refractivity contribution < 1.29 is 10.0 Å². The molecule has 0 fully saturated rings. The third-order valence-electron chi connectivity index (χ3n) is 1.50. The second-order valence-corrected chi connectivity index (χ2v) is 2.49. The molecule has 64 valence electrons. The number of hydrogen-bond acceptors (Lipinski definition) is 4. The summed E-state index contributed by atoms with van der Waals surface area (Å²) in [7, 11) is 0.400. The lowest BCUT2D eigenvalue weighted by molar-refractivity contribution is 0.425. The molecule has 0 saturated carbocycles. The van der Waals surface area contributed by atoms with Crippen molar-refractivity contribution in [3.63, 3.8) is 0 Å². The Hall–Kier alpha value is -0.905. The molecule has 0 atom stereocenters. The van der Waals surface area contributed by atoms with Gasteiger partial charge in [-0.05, 0) is 13.1 Å². The van der Waals surface area contributed by atoms with Crippen LogP contribution >= 0.6 is 0 Å². The summed E-state index contributed by atoms with van der Waals surface area (Å²) in [6, 6.07) is 3.40. The van der Waals surface area contributed by atoms with E-state index in [1.165, 1.54) is 6.20 Å². The molecule has 0 saturated heterocycles. The highest BCUT2D eigenvalue weighted by Gasteiger charge is 2.09. The summed E-state index contributed by atoms with van der Waals surface area (Å²) >= 11 is 0. The summed E-state index contributed by atoms with van der Waals surface area (Å²) in [4.78, 5) is 4.01. The maximum Gasteiger partial charge on any atom is 0.490 e. The number of aromatic nitrogens is 1. The molecule has 3 N–H and O–H groups in total. The topological polar surface area (TPSA) is 65.4 Å². The Balaban J connectivity index is 2.71. The number of pyridine rings is 1. The van der Waals surface area contributed by atoms with E-state index in [0.29, 0.717) is 12.0 Å². The Labute approximate surface area is 71.4 Å². The Morgan fingerprint density at radius 3 is 2.67 bits per heavy atom. The van der Waals surface area contributed by atoms with Crippen LogP contribution < -0.4 is 10.8 Å². The van der Waals surface area contributed by atoms with Gasteiger partial charge in [-0.25, -0.2) is 0 Å². The number of rotatable bonds is 3. The van der Waals surface area contributed by atoms with Crippen LogP contribution in [0.2, 0.25) is 0 Å². The average Bonchev–Trinajstić information content (AvgIpc) is 2.06. The van der Waals surface area contributed by atoms with Crippen molar-refractivity contribution in [3.8, 4) is 0 Å². The highest BCUT2D eigenvalue weighted by Crippen LogP contribution is 1.90. The number of nitrogens with one attached hydrogen (secondary N) is 1. The smallest absolute Gasteiger partial charge is 0.423 e. The third-order valence-corrected chi connectivity index (χ3v) is 1.50. The van der Waals surface area contributed by atoms with E-state index in [1.54, 1.807) is 12.1 Å². The van der Waals surface area contributed by atoms with E-state index in [1.807, 2.05) is 7.05 Å². The minimum Gasteiger partial charge on any atom is -0.423 e. The molecule has 1 aromatic rings. The molecule has 1 heterocycles. The molecule has 0 unspecified atom stereocenters. The van der Waals surface area contributed by atoms with Crippen molar-refractivity contribution in [2.24, 2.45) is 0 Å². The van der Waals surface area contributed by atoms with Crippen LogP contribution in [0.15, 0.2) is 18.3 Å². The van der Waals surface area contributed by atoms with Gasteiger partial charge in [-0.2, -0.15) is 0 Å². The summed E-state index contributed by atoms with van der Waals surface area (Å²) in [5.74, 6) is 0. The van der Waals surface area contributed by atoms with Gasteiger partial charge >= 0.3 is 7.12 Å². The maximum atomic E-state index is 8.74. The van der Waals surface area contributed by atoms with Gasteiger partial charge in [0.25, 0.3) is 0 Å². The summed E-state index contributed by atoms with van der Waals surface area (Å²) in [6.07, 6.45) is 1.46. The fourth-order valence-corrected chi connectivity index (χ4v) is 0.874. The molecular formula is C7H11BN2O2. The normalized spacial score (nSPS) is 9.92. The fraction of sp³-hybridized carbons (Fsp3) is 0.286. The summed E-state index contributed by atoms with van der Waals surface area (Å²) in [6.45, 7) is 0.682. The number of nitrogens with zero attached hydrogens (tertiary/aromatic N) is 1. The van der Waals surface area contributed by atoms with Crippen LogP contribution in [0.25, 0.3) is 0 Å². The van der Waals surface area contributed by atoms with Crippen molar-refractivity contribution in [1.82, 2.24) is 10.3 Å². The summed E-state index contributed by atoms with van der Waals surface area (Å²) in [5, 5.41) is 20.4. The van der Waals surface area contributed by atoms with Gasteiger partial charge in [0.1, 0.15) is 0 Å². The lowest BCUT2D eigenvalue weighted by Gasteiger charge is -2.00. The molecule has 1 aromatic heterocycles. The quantitative estimate of drug-likeness (QED) is 0.477. The molecule has 0 aliphatic heterocycles. The molecule has 0 aliphatic rings. The van der Waals surface area contributed by atoms with E-state index in [9.17, 15) is 0 Å². The first kappa shape index (κ1) is 9.19. The minimum atomic E-state index is -1.43. The van der Waals surface area contributed by atoms with Gasteiger partial charge in [-0.15, -0.1) is 0 Å². The van der Waals surface area contributed by atoms with Crippen LogP contribution in [0.4, 0.5) is 0 Å². The van der Waals surface area contributed by atoms with Gasteiger partial charge in [0.05, 0.1) is 5.69 Å². The SMILES string of the molecule is CNCc1ccc(B(O)O)cn1. The molecule has 1 rings (SSSR count). The molecule has 0 bridgehead atoms. The first-order valence-corrected chi connectivity index (χ1v) is 3.69. The zero-order chi connectivity index (χ0) is 8.97. The minimum absolute atomic E-state index is 0.412. The molecule has 0 radical (unpaired) electrons. The van der Waals surface area contributed by atoms with Gasteiger partial charge in [-0.1, -0.05) is 6.07 Å². The Kier molecular flexibility index (Phi) is 3.22. The number of hydrogen-bond donors (Lipinski definition) is 3. The average molecular weight is 166 g/mol. The predicted octanol–water partition coefficient (Wildman–Crippen LogP) is -1.52. The molecule has 4 nitrogen and oxygen atoms in total. The van der Waals surface area contributed by atoms with Gasteiger partial charge in [0.2, 0.25) is 0 Å². The van der Waals surface area contributed by atoms with E-state index in [-0.39, 0.29) is 0 Å². The molecule has 0 aliphatic carbocycles. The molecule has 5 heteroatoms. The van der Waals surface area contributed by atoms with Crippen molar-refractivity contribution in [2.45, 2.75) is 6.54 Å². The van der Waals surface area contributed by atoms with Crippen molar-refractivity contribution in [2.75, 3.05) is 7.05 Å². The van der Waals surface area contributed by atoms with E-state index >= 15 is 0 Å². The van der Waals surface area contributed by atoms with E-state index < -0.39 is 7.12 Å². The van der Waals surface area contributed by atoms with Crippen LogP contribution in [-0.4, -0.2) is 29.2 Å². The first-order chi connectivity index (χ1) is 5.74. The lowest BCUT2D eigenvalue weighted by Crippen LogP contribution is -2.30. The van der Waals surface area contributed by atoms with Gasteiger partial charge in [0, 0.05) is 18.2 Å². The van der Waals surface area contributed by atoms with Crippen molar-refractivity contribution in [1.29, 1.82) is 0 Å². The first-order valence-electron chi connectivity index (χ1n) is 3.69. The fourth-order valence-electron chi connectivity index (χ4n) is 0.874. The lowest BCUT2D eigenvalue weighted by atomic mass is 9.82. The van der Waals surface area contributed by atoms with Crippen LogP contribution in [0.5, 0.6) is 0 Å². The van der Waals surface area contributed by atoms with Crippen molar-refractivity contribution in [3.05, 3.63) is 24.0 Å². The summed E-state index contributed by atoms with van der Waals surface area (Å²) in [5.41, 5.74) is 1.29. The van der Waals surface area contributed by atoms with Gasteiger partial charge in [-0.3, -0.25) is 4.98 Å². The van der Waals surface area contributed by atoms with Crippen LogP contribution in [0.3, 0.4) is 0 Å². The van der Waals surface area contributed by atoms with E-state index in [4.69, 9.17) is 10.0 Å². The largest absolute Gasteiger partial charge is 0.490 e. The van der Waals surface area contributed by atoms with Gasteiger partial charge < -0.3 is 15.4 Å². The highest BCUT2D eigenvalue weighted by molar-refractivity contribution is 6.58. The van der Waals surface area contributed by atoms with Crippen LogP contribution in [0.1, 0.15) is 5.69 Å². The second kappa shape index (κ2) is 4.20. The summed E-state index contributed by atoms with van der Waals surface area (Å²) < 4.78 is 0. The standard InChI is InChI=1S/C7H11BN2O2/c1-9-5-7-3-2-6(4-10-7)8(11)12/h2-4,9,11-12H,5H2,1H3. The van der Waals surface area contributed by atoms with Crippen molar-refractivity contribution >= 4 is 12.6 Å². The second-order valence-electron chi connectivity index (χ2n) is 2.49. The van der Waals surface area contributed by atoms with E-state index in [2.05, 4.69) is 10.3 Å². The zero-order valence-electron chi connectivity index (χ0n) is 6.86. The monoisotopic (exact) mass is 166 g/mol. The Bertz CT molecular complexity index is 238. The maximum absolute atomic E-state index is 8.74.